The minimum atomic E-state index is -0.360. The Morgan fingerprint density at radius 1 is 1.47 bits per heavy atom. The van der Waals surface area contributed by atoms with Crippen LogP contribution in [0.1, 0.15) is 19.9 Å². The van der Waals surface area contributed by atoms with Crippen LogP contribution in [0.15, 0.2) is 16.6 Å². The molecular weight excluding hydrogens is 282 g/mol. The number of imidazole rings is 1. The monoisotopic (exact) mass is 290 g/mol. The van der Waals surface area contributed by atoms with Gasteiger partial charge in [0.2, 0.25) is 5.28 Å². The Labute approximate surface area is 100 Å². The van der Waals surface area contributed by atoms with Crippen LogP contribution in [0.5, 0.6) is 0 Å². The summed E-state index contributed by atoms with van der Waals surface area (Å²) in [6.45, 7) is 3.96. The highest BCUT2D eigenvalue weighted by Gasteiger charge is 2.15. The molecule has 0 aliphatic heterocycles. The van der Waals surface area contributed by atoms with Crippen LogP contribution in [0.2, 0.25) is 5.28 Å². The Kier molecular flexibility index (Phi) is 2.73. The lowest BCUT2D eigenvalue weighted by molar-refractivity contribution is 0.617. The van der Waals surface area contributed by atoms with Gasteiger partial charge in [0.1, 0.15) is 5.52 Å². The van der Waals surface area contributed by atoms with Crippen LogP contribution in [0.25, 0.3) is 11.0 Å². The summed E-state index contributed by atoms with van der Waals surface area (Å²) >= 11 is 9.21. The fourth-order valence-corrected chi connectivity index (χ4v) is 2.37. The molecule has 0 aliphatic carbocycles. The van der Waals surface area contributed by atoms with Gasteiger partial charge in [0, 0.05) is 10.5 Å². The molecule has 0 amide bonds. The lowest BCUT2D eigenvalue weighted by Crippen LogP contribution is -2.00. The third-order valence-corrected chi connectivity index (χ3v) is 2.91. The highest BCUT2D eigenvalue weighted by Crippen LogP contribution is 2.28. The average molecular weight is 292 g/mol. The zero-order valence-electron chi connectivity index (χ0n) is 8.26. The molecule has 1 aromatic carbocycles. The first-order valence-corrected chi connectivity index (χ1v) is 5.70. The van der Waals surface area contributed by atoms with E-state index in [1.54, 1.807) is 4.57 Å². The number of benzene rings is 1. The molecular formula is C10H9BrClFN2. The first-order chi connectivity index (χ1) is 7.00. The van der Waals surface area contributed by atoms with Crippen LogP contribution >= 0.6 is 27.5 Å². The van der Waals surface area contributed by atoms with E-state index in [0.717, 1.165) is 0 Å². The predicted molar refractivity (Wildman–Crippen MR) is 62.8 cm³/mol. The highest BCUT2D eigenvalue weighted by atomic mass is 79.9. The van der Waals surface area contributed by atoms with Gasteiger partial charge in [0.25, 0.3) is 0 Å². The van der Waals surface area contributed by atoms with E-state index in [-0.39, 0.29) is 11.9 Å². The largest absolute Gasteiger partial charge is 0.312 e. The first kappa shape index (κ1) is 10.9. The molecule has 0 unspecified atom stereocenters. The normalized spacial score (nSPS) is 11.6. The molecule has 2 nitrogen and oxygen atoms in total. The van der Waals surface area contributed by atoms with Gasteiger partial charge in [0.15, 0.2) is 5.82 Å². The second kappa shape index (κ2) is 3.76. The Hall–Kier alpha value is -0.610. The molecule has 2 aromatic rings. The Bertz CT molecular complexity index is 522. The molecule has 15 heavy (non-hydrogen) atoms. The molecule has 0 radical (unpaired) electrons. The van der Waals surface area contributed by atoms with Crippen molar-refractivity contribution in [1.82, 2.24) is 9.55 Å². The van der Waals surface area contributed by atoms with Gasteiger partial charge in [-0.15, -0.1) is 0 Å². The predicted octanol–water partition coefficient (Wildman–Crippen LogP) is 4.17. The van der Waals surface area contributed by atoms with Crippen molar-refractivity contribution in [2.75, 3.05) is 0 Å². The van der Waals surface area contributed by atoms with Gasteiger partial charge in [-0.2, -0.15) is 0 Å². The van der Waals surface area contributed by atoms with Crippen molar-refractivity contribution in [1.29, 1.82) is 0 Å². The molecule has 0 aliphatic rings. The van der Waals surface area contributed by atoms with E-state index in [1.807, 2.05) is 19.9 Å². The summed E-state index contributed by atoms with van der Waals surface area (Å²) in [5, 5.41) is 0.317. The molecule has 0 fully saturated rings. The Balaban J connectivity index is 2.86. The van der Waals surface area contributed by atoms with E-state index >= 15 is 0 Å². The quantitative estimate of drug-likeness (QED) is 0.771. The molecule has 2 rings (SSSR count). The van der Waals surface area contributed by atoms with Crippen molar-refractivity contribution in [3.8, 4) is 0 Å². The number of nitrogens with zero attached hydrogens (tertiary/aromatic N) is 2. The van der Waals surface area contributed by atoms with E-state index in [4.69, 9.17) is 11.6 Å². The maximum Gasteiger partial charge on any atom is 0.204 e. The minimum absolute atomic E-state index is 0.149. The third-order valence-electron chi connectivity index (χ3n) is 2.19. The maximum atomic E-state index is 13.5. The van der Waals surface area contributed by atoms with Crippen molar-refractivity contribution < 1.29 is 4.39 Å². The minimum Gasteiger partial charge on any atom is -0.312 e. The number of aromatic nitrogens is 2. The molecule has 1 heterocycles. The van der Waals surface area contributed by atoms with Crippen molar-refractivity contribution in [2.45, 2.75) is 19.9 Å². The van der Waals surface area contributed by atoms with E-state index in [1.165, 1.54) is 6.07 Å². The molecule has 0 N–H and O–H groups in total. The Morgan fingerprint density at radius 2 is 2.13 bits per heavy atom. The third kappa shape index (κ3) is 1.76. The molecule has 5 heteroatoms. The molecule has 0 saturated carbocycles. The van der Waals surface area contributed by atoms with Gasteiger partial charge < -0.3 is 4.57 Å². The fourth-order valence-electron chi connectivity index (χ4n) is 1.58. The second-order valence-corrected chi connectivity index (χ2v) is 4.85. The van der Waals surface area contributed by atoms with E-state index in [9.17, 15) is 4.39 Å². The number of halogens is 3. The summed E-state index contributed by atoms with van der Waals surface area (Å²) in [6, 6.07) is 3.35. The SMILES string of the molecule is CC(C)n1c(Cl)nc2c(F)cc(Br)cc21. The van der Waals surface area contributed by atoms with Crippen molar-refractivity contribution >= 4 is 38.6 Å². The van der Waals surface area contributed by atoms with Crippen molar-refractivity contribution in [3.63, 3.8) is 0 Å². The maximum absolute atomic E-state index is 13.5. The summed E-state index contributed by atoms with van der Waals surface area (Å²) in [5.74, 6) is -0.360. The summed E-state index contributed by atoms with van der Waals surface area (Å²) in [4.78, 5) is 4.01. The van der Waals surface area contributed by atoms with Crippen molar-refractivity contribution in [2.24, 2.45) is 0 Å². The average Bonchev–Trinajstić information content (AvgIpc) is 2.41. The smallest absolute Gasteiger partial charge is 0.204 e. The summed E-state index contributed by atoms with van der Waals surface area (Å²) in [5.41, 5.74) is 1.03. The van der Waals surface area contributed by atoms with Gasteiger partial charge in [0.05, 0.1) is 5.52 Å². The standard InChI is InChI=1S/C10H9BrClFN2/c1-5(2)15-8-4-6(11)3-7(13)9(8)14-10(15)12/h3-5H,1-2H3. The molecule has 0 bridgehead atoms. The number of hydrogen-bond donors (Lipinski definition) is 0. The zero-order chi connectivity index (χ0) is 11.2. The van der Waals surface area contributed by atoms with Gasteiger partial charge in [-0.3, -0.25) is 0 Å². The van der Waals surface area contributed by atoms with Gasteiger partial charge >= 0.3 is 0 Å². The van der Waals surface area contributed by atoms with Crippen LogP contribution in [0, 0.1) is 5.82 Å². The van der Waals surface area contributed by atoms with Crippen molar-refractivity contribution in [3.05, 3.63) is 27.7 Å². The van der Waals surface area contributed by atoms with Crippen LogP contribution in [-0.2, 0) is 0 Å². The van der Waals surface area contributed by atoms with Crippen LogP contribution in [0.4, 0.5) is 4.39 Å². The molecule has 1 aromatic heterocycles. The second-order valence-electron chi connectivity index (χ2n) is 3.60. The summed E-state index contributed by atoms with van der Waals surface area (Å²) < 4.78 is 16.0. The van der Waals surface area contributed by atoms with E-state index < -0.39 is 0 Å². The fraction of sp³-hybridized carbons (Fsp3) is 0.300. The molecule has 0 spiro atoms. The van der Waals surface area contributed by atoms with Crippen LogP contribution < -0.4 is 0 Å². The number of rotatable bonds is 1. The lowest BCUT2D eigenvalue weighted by Gasteiger charge is -2.09. The van der Waals surface area contributed by atoms with Gasteiger partial charge in [-0.05, 0) is 37.6 Å². The highest BCUT2D eigenvalue weighted by molar-refractivity contribution is 9.10. The molecule has 0 saturated heterocycles. The van der Waals surface area contributed by atoms with Crippen LogP contribution in [-0.4, -0.2) is 9.55 Å². The molecule has 80 valence electrons. The molecule has 0 atom stereocenters. The summed E-state index contributed by atoms with van der Waals surface area (Å²) in [7, 11) is 0. The zero-order valence-corrected chi connectivity index (χ0v) is 10.6. The van der Waals surface area contributed by atoms with Gasteiger partial charge in [-0.25, -0.2) is 9.37 Å². The van der Waals surface area contributed by atoms with Gasteiger partial charge in [-0.1, -0.05) is 15.9 Å². The number of fused-ring (bicyclic) bond motifs is 1. The summed E-state index contributed by atoms with van der Waals surface area (Å²) in [6.07, 6.45) is 0. The van der Waals surface area contributed by atoms with Crippen LogP contribution in [0.3, 0.4) is 0 Å². The van der Waals surface area contributed by atoms with E-state index in [2.05, 4.69) is 20.9 Å². The lowest BCUT2D eigenvalue weighted by atomic mass is 10.3. The topological polar surface area (TPSA) is 17.8 Å². The first-order valence-electron chi connectivity index (χ1n) is 4.53. The number of hydrogen-bond acceptors (Lipinski definition) is 1. The van der Waals surface area contributed by atoms with E-state index in [0.29, 0.717) is 20.8 Å². The Morgan fingerprint density at radius 3 is 2.73 bits per heavy atom.